The summed E-state index contributed by atoms with van der Waals surface area (Å²) in [6, 6.07) is 0.701. The van der Waals surface area contributed by atoms with Gasteiger partial charge in [-0.05, 0) is 19.8 Å². The average molecular weight is 237 g/mol. The summed E-state index contributed by atoms with van der Waals surface area (Å²) in [5.41, 5.74) is 0. The lowest BCUT2D eigenvalue weighted by Gasteiger charge is -2.38. The summed E-state index contributed by atoms with van der Waals surface area (Å²) in [6.45, 7) is 1.98. The van der Waals surface area contributed by atoms with Crippen LogP contribution in [-0.4, -0.2) is 41.5 Å². The van der Waals surface area contributed by atoms with E-state index in [4.69, 9.17) is 0 Å². The van der Waals surface area contributed by atoms with Gasteiger partial charge in [-0.1, -0.05) is 12.8 Å². The Morgan fingerprint density at radius 1 is 1.35 bits per heavy atom. The van der Waals surface area contributed by atoms with E-state index in [0.717, 1.165) is 12.8 Å². The van der Waals surface area contributed by atoms with Crippen LogP contribution in [0.3, 0.4) is 0 Å². The standard InChI is InChI=1S/C12H19N3O2/c1-7(16)8-6-13-12-14-9-4-2-3-5-10(9)15(12)11(8)17/h8-10,12-14H,2-6H2,1H3. The molecule has 4 atom stereocenters. The molecule has 2 heterocycles. The van der Waals surface area contributed by atoms with E-state index in [1.165, 1.54) is 19.8 Å². The molecule has 2 N–H and O–H groups in total. The first kappa shape index (κ1) is 11.2. The molecule has 2 aliphatic heterocycles. The van der Waals surface area contributed by atoms with Gasteiger partial charge in [0.1, 0.15) is 18.0 Å². The zero-order valence-electron chi connectivity index (χ0n) is 10.1. The summed E-state index contributed by atoms with van der Waals surface area (Å²) in [4.78, 5) is 25.7. The van der Waals surface area contributed by atoms with Crippen LogP contribution in [0.25, 0.3) is 0 Å². The number of rotatable bonds is 1. The zero-order chi connectivity index (χ0) is 12.0. The molecule has 1 aliphatic carbocycles. The van der Waals surface area contributed by atoms with Gasteiger partial charge in [-0.2, -0.15) is 0 Å². The van der Waals surface area contributed by atoms with Crippen LogP contribution in [0, 0.1) is 5.92 Å². The minimum Gasteiger partial charge on any atom is -0.309 e. The minimum atomic E-state index is -0.478. The lowest BCUT2D eigenvalue weighted by Crippen LogP contribution is -2.61. The van der Waals surface area contributed by atoms with Gasteiger partial charge in [0.15, 0.2) is 0 Å². The first-order valence-electron chi connectivity index (χ1n) is 6.50. The fourth-order valence-corrected chi connectivity index (χ4v) is 3.38. The molecule has 3 fully saturated rings. The van der Waals surface area contributed by atoms with E-state index >= 15 is 0 Å². The third-order valence-corrected chi connectivity index (χ3v) is 4.30. The third-order valence-electron chi connectivity index (χ3n) is 4.30. The summed E-state index contributed by atoms with van der Waals surface area (Å²) >= 11 is 0. The second kappa shape index (κ2) is 4.07. The van der Waals surface area contributed by atoms with Crippen molar-refractivity contribution in [1.82, 2.24) is 15.5 Å². The van der Waals surface area contributed by atoms with Gasteiger partial charge in [-0.25, -0.2) is 0 Å². The van der Waals surface area contributed by atoms with Gasteiger partial charge in [0.25, 0.3) is 0 Å². The van der Waals surface area contributed by atoms with Gasteiger partial charge in [0.05, 0.1) is 0 Å². The van der Waals surface area contributed by atoms with Crippen molar-refractivity contribution in [2.75, 3.05) is 6.54 Å². The highest BCUT2D eigenvalue weighted by atomic mass is 16.2. The van der Waals surface area contributed by atoms with Crippen LogP contribution in [0.2, 0.25) is 0 Å². The number of nitrogens with one attached hydrogen (secondary N) is 2. The van der Waals surface area contributed by atoms with E-state index in [1.54, 1.807) is 0 Å². The Labute approximate surface area is 101 Å². The lowest BCUT2D eigenvalue weighted by atomic mass is 9.90. The molecule has 0 spiro atoms. The molecule has 0 aromatic heterocycles. The molecule has 1 saturated carbocycles. The smallest absolute Gasteiger partial charge is 0.237 e. The van der Waals surface area contributed by atoms with Gasteiger partial charge in [-0.3, -0.25) is 20.2 Å². The number of fused-ring (bicyclic) bond motifs is 3. The van der Waals surface area contributed by atoms with E-state index in [-0.39, 0.29) is 24.0 Å². The number of hydrogen-bond donors (Lipinski definition) is 2. The van der Waals surface area contributed by atoms with E-state index in [1.807, 2.05) is 4.90 Å². The van der Waals surface area contributed by atoms with Gasteiger partial charge >= 0.3 is 0 Å². The Morgan fingerprint density at radius 3 is 2.88 bits per heavy atom. The highest BCUT2D eigenvalue weighted by molar-refractivity contribution is 6.01. The quantitative estimate of drug-likeness (QED) is 0.621. The number of nitrogens with zero attached hydrogens (tertiary/aromatic N) is 1. The molecule has 94 valence electrons. The summed E-state index contributed by atoms with van der Waals surface area (Å²) in [5.74, 6) is -0.489. The number of amides is 1. The van der Waals surface area contributed by atoms with Gasteiger partial charge < -0.3 is 4.90 Å². The SMILES string of the molecule is CC(=O)C1CNC2NC3CCCCC3N2C1=O. The van der Waals surface area contributed by atoms with Crippen LogP contribution in [-0.2, 0) is 9.59 Å². The molecule has 4 unspecified atom stereocenters. The van der Waals surface area contributed by atoms with Crippen LogP contribution < -0.4 is 10.6 Å². The Balaban J connectivity index is 1.83. The number of carbonyl (C=O) groups excluding carboxylic acids is 2. The van der Waals surface area contributed by atoms with Gasteiger partial charge in [0.2, 0.25) is 5.91 Å². The summed E-state index contributed by atoms with van der Waals surface area (Å²) in [6.07, 6.45) is 4.57. The normalized spacial score (nSPS) is 41.0. The van der Waals surface area contributed by atoms with Crippen molar-refractivity contribution < 1.29 is 9.59 Å². The van der Waals surface area contributed by atoms with Crippen LogP contribution >= 0.6 is 0 Å². The van der Waals surface area contributed by atoms with Crippen molar-refractivity contribution >= 4 is 11.7 Å². The molecular formula is C12H19N3O2. The Morgan fingerprint density at radius 2 is 2.12 bits per heavy atom. The van der Waals surface area contributed by atoms with Gasteiger partial charge in [0, 0.05) is 18.6 Å². The Bertz CT molecular complexity index is 358. The molecule has 1 amide bonds. The summed E-state index contributed by atoms with van der Waals surface area (Å²) < 4.78 is 0. The van der Waals surface area contributed by atoms with E-state index in [0.29, 0.717) is 12.6 Å². The first-order chi connectivity index (χ1) is 8.18. The first-order valence-corrected chi connectivity index (χ1v) is 6.50. The minimum absolute atomic E-state index is 0.0168. The molecule has 17 heavy (non-hydrogen) atoms. The molecule has 0 radical (unpaired) electrons. The second-order valence-electron chi connectivity index (χ2n) is 5.34. The van der Waals surface area contributed by atoms with Gasteiger partial charge in [-0.15, -0.1) is 0 Å². The third kappa shape index (κ3) is 1.68. The van der Waals surface area contributed by atoms with Crippen molar-refractivity contribution in [2.24, 2.45) is 5.92 Å². The number of Topliss-reactive ketones (excluding diaryl/α,β-unsaturated/α-hetero) is 1. The summed E-state index contributed by atoms with van der Waals surface area (Å²) in [5, 5.41) is 6.74. The largest absolute Gasteiger partial charge is 0.309 e. The maximum atomic E-state index is 12.3. The van der Waals surface area contributed by atoms with Crippen molar-refractivity contribution in [2.45, 2.75) is 51.0 Å². The Hall–Kier alpha value is -0.940. The molecule has 2 saturated heterocycles. The maximum absolute atomic E-state index is 12.3. The van der Waals surface area contributed by atoms with Crippen molar-refractivity contribution in [1.29, 1.82) is 0 Å². The zero-order valence-corrected chi connectivity index (χ0v) is 10.1. The maximum Gasteiger partial charge on any atom is 0.237 e. The molecule has 0 aromatic rings. The molecule has 0 aromatic carbocycles. The molecule has 0 bridgehead atoms. The molecule has 5 nitrogen and oxygen atoms in total. The summed E-state index contributed by atoms with van der Waals surface area (Å²) in [7, 11) is 0. The highest BCUT2D eigenvalue weighted by Gasteiger charge is 2.49. The highest BCUT2D eigenvalue weighted by Crippen LogP contribution is 2.31. The lowest BCUT2D eigenvalue weighted by molar-refractivity contribution is -0.147. The van der Waals surface area contributed by atoms with Crippen LogP contribution in [0.15, 0.2) is 0 Å². The molecule has 3 aliphatic rings. The number of hydrogen-bond acceptors (Lipinski definition) is 4. The topological polar surface area (TPSA) is 61.4 Å². The van der Waals surface area contributed by atoms with Crippen molar-refractivity contribution in [3.05, 3.63) is 0 Å². The van der Waals surface area contributed by atoms with E-state index < -0.39 is 5.92 Å². The molecule has 3 rings (SSSR count). The molecule has 5 heteroatoms. The van der Waals surface area contributed by atoms with Crippen molar-refractivity contribution in [3.63, 3.8) is 0 Å². The van der Waals surface area contributed by atoms with E-state index in [2.05, 4.69) is 10.6 Å². The predicted molar refractivity (Wildman–Crippen MR) is 62.0 cm³/mol. The fraction of sp³-hybridized carbons (Fsp3) is 0.833. The number of ketones is 1. The molecular weight excluding hydrogens is 218 g/mol. The second-order valence-corrected chi connectivity index (χ2v) is 5.34. The predicted octanol–water partition coefficient (Wildman–Crippen LogP) is -0.179. The van der Waals surface area contributed by atoms with E-state index in [9.17, 15) is 9.59 Å². The Kier molecular flexibility index (Phi) is 2.67. The van der Waals surface area contributed by atoms with Crippen LogP contribution in [0.4, 0.5) is 0 Å². The number of carbonyl (C=O) groups is 2. The van der Waals surface area contributed by atoms with Crippen LogP contribution in [0.5, 0.6) is 0 Å². The monoisotopic (exact) mass is 237 g/mol. The van der Waals surface area contributed by atoms with Crippen molar-refractivity contribution in [3.8, 4) is 0 Å². The van der Waals surface area contributed by atoms with Crippen LogP contribution in [0.1, 0.15) is 32.6 Å². The average Bonchev–Trinajstić information content (AvgIpc) is 2.67. The fourth-order valence-electron chi connectivity index (χ4n) is 3.38.